The molecule has 0 bridgehead atoms. The molecule has 1 aliphatic rings. The van der Waals surface area contributed by atoms with Crippen molar-refractivity contribution in [3.8, 4) is 50.2 Å². The molecular formula is C61H44N2. The maximum atomic E-state index is 2.42. The molecule has 1 aliphatic carbocycles. The van der Waals surface area contributed by atoms with Crippen LogP contribution >= 0.6 is 0 Å². The van der Waals surface area contributed by atoms with E-state index in [1.165, 1.54) is 88.2 Å². The first-order chi connectivity index (χ1) is 31.0. The highest BCUT2D eigenvalue weighted by molar-refractivity contribution is 6.22. The van der Waals surface area contributed by atoms with Crippen molar-refractivity contribution in [1.29, 1.82) is 0 Å². The fraction of sp³-hybridized carbons (Fsp3) is 0.0492. The van der Waals surface area contributed by atoms with Crippen molar-refractivity contribution in [2.45, 2.75) is 19.3 Å². The Hall–Kier alpha value is -7.94. The fourth-order valence-electron chi connectivity index (χ4n) is 10.2. The Balaban J connectivity index is 0.952. The molecule has 2 heteroatoms. The van der Waals surface area contributed by atoms with Gasteiger partial charge in [-0.1, -0.05) is 178 Å². The molecule has 0 saturated carbocycles. The molecule has 0 saturated heterocycles. The number of benzene rings is 10. The van der Waals surface area contributed by atoms with Crippen LogP contribution in [0.4, 0.5) is 17.1 Å². The molecule has 0 radical (unpaired) electrons. The first kappa shape index (κ1) is 36.9. The average molecular weight is 805 g/mol. The minimum Gasteiger partial charge on any atom is -0.310 e. The lowest BCUT2D eigenvalue weighted by atomic mass is 9.82. The van der Waals surface area contributed by atoms with Crippen LogP contribution in [0.3, 0.4) is 0 Å². The van der Waals surface area contributed by atoms with Gasteiger partial charge in [0.15, 0.2) is 0 Å². The Morgan fingerprint density at radius 1 is 0.349 bits per heavy atom. The van der Waals surface area contributed by atoms with Gasteiger partial charge < -0.3 is 9.47 Å². The van der Waals surface area contributed by atoms with Crippen molar-refractivity contribution in [3.63, 3.8) is 0 Å². The summed E-state index contributed by atoms with van der Waals surface area (Å²) in [5, 5.41) is 5.06. The Morgan fingerprint density at radius 2 is 0.857 bits per heavy atom. The van der Waals surface area contributed by atoms with Crippen molar-refractivity contribution < 1.29 is 0 Å². The highest BCUT2D eigenvalue weighted by Crippen LogP contribution is 2.51. The minimum atomic E-state index is -0.110. The number of hydrogen-bond donors (Lipinski definition) is 0. The number of anilines is 3. The number of hydrogen-bond acceptors (Lipinski definition) is 1. The molecule has 298 valence electrons. The second-order valence-corrected chi connectivity index (χ2v) is 17.4. The van der Waals surface area contributed by atoms with Gasteiger partial charge in [-0.2, -0.15) is 0 Å². The van der Waals surface area contributed by atoms with Gasteiger partial charge in [0.25, 0.3) is 0 Å². The van der Waals surface area contributed by atoms with Gasteiger partial charge in [0.2, 0.25) is 0 Å². The lowest BCUT2D eigenvalue weighted by Gasteiger charge is -2.28. The van der Waals surface area contributed by atoms with Crippen molar-refractivity contribution >= 4 is 49.6 Å². The molecule has 10 aromatic carbocycles. The van der Waals surface area contributed by atoms with Gasteiger partial charge in [0.1, 0.15) is 0 Å². The molecule has 0 spiro atoms. The summed E-state index contributed by atoms with van der Waals surface area (Å²) in [5.74, 6) is 0. The van der Waals surface area contributed by atoms with Gasteiger partial charge >= 0.3 is 0 Å². The van der Waals surface area contributed by atoms with Crippen molar-refractivity contribution in [2.24, 2.45) is 0 Å². The van der Waals surface area contributed by atoms with Gasteiger partial charge in [-0.3, -0.25) is 0 Å². The van der Waals surface area contributed by atoms with Crippen LogP contribution in [0, 0.1) is 0 Å². The van der Waals surface area contributed by atoms with E-state index in [-0.39, 0.29) is 5.41 Å². The van der Waals surface area contributed by atoms with Gasteiger partial charge in [-0.15, -0.1) is 0 Å². The standard InChI is InChI=1S/C61H44N2/c1-61(2)56-20-12-11-19-53(56)54-36-35-51(40-57(54)61)62(49-31-25-44(26-32-49)43-23-21-42(22-24-43)41-13-5-3-6-14-41)50-33-27-45(28-34-50)47-30-37-58-55(39-47)60-52-18-10-9-15-46(52)29-38-59(60)63(58)48-16-7-4-8-17-48/h3-40H,1-2H3. The number of fused-ring (bicyclic) bond motifs is 8. The zero-order chi connectivity index (χ0) is 42.1. The molecule has 2 nitrogen and oxygen atoms in total. The number of nitrogens with zero attached hydrogens (tertiary/aromatic N) is 2. The van der Waals surface area contributed by atoms with E-state index >= 15 is 0 Å². The molecule has 1 heterocycles. The smallest absolute Gasteiger partial charge is 0.0547 e. The molecule has 1 aromatic heterocycles. The maximum Gasteiger partial charge on any atom is 0.0547 e. The Morgan fingerprint density at radius 3 is 1.56 bits per heavy atom. The lowest BCUT2D eigenvalue weighted by molar-refractivity contribution is 0.660. The van der Waals surface area contributed by atoms with Crippen LogP contribution in [0.2, 0.25) is 0 Å². The van der Waals surface area contributed by atoms with Crippen LogP contribution in [0.5, 0.6) is 0 Å². The highest BCUT2D eigenvalue weighted by atomic mass is 15.1. The molecule has 63 heavy (non-hydrogen) atoms. The summed E-state index contributed by atoms with van der Waals surface area (Å²) in [6, 6.07) is 84.5. The molecule has 12 rings (SSSR count). The lowest BCUT2D eigenvalue weighted by Crippen LogP contribution is -2.16. The molecule has 0 fully saturated rings. The maximum absolute atomic E-state index is 2.42. The molecule has 0 N–H and O–H groups in total. The van der Waals surface area contributed by atoms with Gasteiger partial charge in [0, 0.05) is 38.9 Å². The largest absolute Gasteiger partial charge is 0.310 e. The van der Waals surface area contributed by atoms with Gasteiger partial charge in [-0.05, 0) is 133 Å². The zero-order valence-corrected chi connectivity index (χ0v) is 35.3. The normalized spacial score (nSPS) is 12.7. The number of aromatic nitrogens is 1. The molecular weight excluding hydrogens is 761 g/mol. The summed E-state index contributed by atoms with van der Waals surface area (Å²) in [6.45, 7) is 4.71. The van der Waals surface area contributed by atoms with Crippen LogP contribution in [0.25, 0.3) is 82.8 Å². The highest BCUT2D eigenvalue weighted by Gasteiger charge is 2.35. The monoisotopic (exact) mass is 804 g/mol. The van der Waals surface area contributed by atoms with E-state index in [2.05, 4.69) is 254 Å². The number of rotatable bonds is 7. The molecule has 0 unspecified atom stereocenters. The summed E-state index contributed by atoms with van der Waals surface area (Å²) in [6.07, 6.45) is 0. The first-order valence-electron chi connectivity index (χ1n) is 21.9. The van der Waals surface area contributed by atoms with Crippen molar-refractivity contribution in [1.82, 2.24) is 4.57 Å². The second kappa shape index (κ2) is 14.6. The van der Waals surface area contributed by atoms with E-state index in [1.807, 2.05) is 0 Å². The van der Waals surface area contributed by atoms with E-state index < -0.39 is 0 Å². The third-order valence-electron chi connectivity index (χ3n) is 13.4. The fourth-order valence-corrected chi connectivity index (χ4v) is 10.2. The van der Waals surface area contributed by atoms with Crippen LogP contribution in [-0.4, -0.2) is 4.57 Å². The SMILES string of the molecule is CC1(C)c2ccccc2-c2ccc(N(c3ccc(-c4ccc(-c5ccccc5)cc4)cc3)c3ccc(-c4ccc5c(c4)c4c6ccccc6ccc4n5-c4ccccc4)cc3)cc21. The summed E-state index contributed by atoms with van der Waals surface area (Å²) >= 11 is 0. The minimum absolute atomic E-state index is 0.110. The quantitative estimate of drug-likeness (QED) is 0.156. The predicted molar refractivity (Wildman–Crippen MR) is 267 cm³/mol. The van der Waals surface area contributed by atoms with Crippen molar-refractivity contribution in [2.75, 3.05) is 4.90 Å². The molecule has 0 aliphatic heterocycles. The third kappa shape index (κ3) is 6.09. The van der Waals surface area contributed by atoms with Crippen LogP contribution in [-0.2, 0) is 5.41 Å². The Kier molecular flexibility index (Phi) is 8.55. The average Bonchev–Trinajstić information content (AvgIpc) is 3.80. The summed E-state index contributed by atoms with van der Waals surface area (Å²) in [7, 11) is 0. The summed E-state index contributed by atoms with van der Waals surface area (Å²) in [4.78, 5) is 2.41. The van der Waals surface area contributed by atoms with E-state index in [9.17, 15) is 0 Å². The second-order valence-electron chi connectivity index (χ2n) is 17.4. The topological polar surface area (TPSA) is 8.17 Å². The van der Waals surface area contributed by atoms with E-state index in [0.717, 1.165) is 22.7 Å². The predicted octanol–water partition coefficient (Wildman–Crippen LogP) is 16.7. The van der Waals surface area contributed by atoms with Crippen LogP contribution in [0.15, 0.2) is 231 Å². The number of para-hydroxylation sites is 1. The Bertz CT molecular complexity index is 3490. The van der Waals surface area contributed by atoms with Gasteiger partial charge in [0.05, 0.1) is 11.0 Å². The molecule has 11 aromatic rings. The zero-order valence-electron chi connectivity index (χ0n) is 35.3. The van der Waals surface area contributed by atoms with Crippen molar-refractivity contribution in [3.05, 3.63) is 242 Å². The molecule has 0 atom stereocenters. The summed E-state index contributed by atoms with van der Waals surface area (Å²) < 4.78 is 2.41. The Labute approximate surface area is 368 Å². The van der Waals surface area contributed by atoms with E-state index in [0.29, 0.717) is 0 Å². The van der Waals surface area contributed by atoms with Crippen LogP contribution < -0.4 is 4.90 Å². The first-order valence-corrected chi connectivity index (χ1v) is 21.9. The summed E-state index contributed by atoms with van der Waals surface area (Å²) in [5.41, 5.74) is 19.5. The van der Waals surface area contributed by atoms with Crippen LogP contribution in [0.1, 0.15) is 25.0 Å². The third-order valence-corrected chi connectivity index (χ3v) is 13.4. The van der Waals surface area contributed by atoms with E-state index in [4.69, 9.17) is 0 Å². The van der Waals surface area contributed by atoms with Gasteiger partial charge in [-0.25, -0.2) is 0 Å². The molecule has 0 amide bonds. The van der Waals surface area contributed by atoms with E-state index in [1.54, 1.807) is 0 Å².